The van der Waals surface area contributed by atoms with Crippen molar-refractivity contribution in [3.8, 4) is 22.8 Å². The summed E-state index contributed by atoms with van der Waals surface area (Å²) in [6, 6.07) is 21.4. The van der Waals surface area contributed by atoms with Gasteiger partial charge >= 0.3 is 0 Å². The van der Waals surface area contributed by atoms with Gasteiger partial charge < -0.3 is 10.5 Å². The normalized spacial score (nSPS) is 11.1. The van der Waals surface area contributed by atoms with Gasteiger partial charge in [-0.3, -0.25) is 4.79 Å². The van der Waals surface area contributed by atoms with E-state index in [2.05, 4.69) is 35.8 Å². The molecule has 0 bridgehead atoms. The summed E-state index contributed by atoms with van der Waals surface area (Å²) in [4.78, 5) is 13.0. The number of carbonyl (C=O) groups is 1. The lowest BCUT2D eigenvalue weighted by Gasteiger charge is -2.08. The van der Waals surface area contributed by atoms with Crippen molar-refractivity contribution in [3.05, 3.63) is 99.7 Å². The first-order valence-electron chi connectivity index (χ1n) is 11.1. The zero-order chi connectivity index (χ0) is 26.5. The number of halogens is 2. The van der Waals surface area contributed by atoms with Crippen LogP contribution >= 0.6 is 23.2 Å². The van der Waals surface area contributed by atoms with E-state index in [1.54, 1.807) is 48.5 Å². The number of benzene rings is 3. The molecule has 5 rings (SSSR count). The molecule has 0 radical (unpaired) electrons. The van der Waals surface area contributed by atoms with Crippen LogP contribution in [-0.2, 0) is 6.61 Å². The van der Waals surface area contributed by atoms with Gasteiger partial charge in [0.2, 0.25) is 11.6 Å². The molecule has 190 valence electrons. The molecule has 0 spiro atoms. The van der Waals surface area contributed by atoms with E-state index < -0.39 is 5.91 Å². The van der Waals surface area contributed by atoms with Crippen molar-refractivity contribution in [2.45, 2.75) is 6.61 Å². The van der Waals surface area contributed by atoms with Gasteiger partial charge in [-0.05, 0) is 40.1 Å². The topological polar surface area (TPSA) is 146 Å². The first-order chi connectivity index (χ1) is 18.5. The number of nitrogens with one attached hydrogen (secondary N) is 1. The molecule has 3 N–H and O–H groups in total. The molecular formula is C25H18Cl2N8O3. The maximum absolute atomic E-state index is 13.0. The van der Waals surface area contributed by atoms with E-state index in [0.717, 1.165) is 5.56 Å². The first-order valence-corrected chi connectivity index (χ1v) is 11.8. The van der Waals surface area contributed by atoms with Crippen LogP contribution in [0.4, 0.5) is 5.82 Å². The Bertz CT molecular complexity index is 1620. The number of ether oxygens (including phenoxy) is 1. The summed E-state index contributed by atoms with van der Waals surface area (Å²) in [5.74, 6) is 0.110. The summed E-state index contributed by atoms with van der Waals surface area (Å²) in [5.41, 5.74) is 10.8. The highest BCUT2D eigenvalue weighted by Crippen LogP contribution is 2.26. The minimum atomic E-state index is -0.592. The molecule has 0 aliphatic rings. The smallest absolute Gasteiger partial charge is 0.294 e. The number of nitrogen functional groups attached to an aromatic ring is 1. The molecule has 2 aromatic heterocycles. The Hall–Kier alpha value is -4.74. The molecule has 1 amide bonds. The average Bonchev–Trinajstić information content (AvgIpc) is 3.55. The monoisotopic (exact) mass is 548 g/mol. The van der Waals surface area contributed by atoms with Gasteiger partial charge in [0.25, 0.3) is 5.91 Å². The van der Waals surface area contributed by atoms with Crippen molar-refractivity contribution in [3.63, 3.8) is 0 Å². The zero-order valence-electron chi connectivity index (χ0n) is 19.5. The van der Waals surface area contributed by atoms with Crippen LogP contribution in [0, 0.1) is 0 Å². The summed E-state index contributed by atoms with van der Waals surface area (Å²) in [6.07, 6.45) is 1.48. The van der Waals surface area contributed by atoms with Crippen molar-refractivity contribution in [2.75, 3.05) is 5.73 Å². The van der Waals surface area contributed by atoms with Crippen LogP contribution in [-0.4, -0.2) is 37.4 Å². The SMILES string of the molecule is Nc1nonc1-n1nnc(C(=O)NN=Cc2cccc(OCc3ccc(Cl)cc3Cl)c2)c1-c1ccccc1. The number of nitrogens with two attached hydrogens (primary N) is 1. The van der Waals surface area contributed by atoms with Crippen LogP contribution in [0.5, 0.6) is 5.75 Å². The molecule has 38 heavy (non-hydrogen) atoms. The van der Waals surface area contributed by atoms with Crippen molar-refractivity contribution in [2.24, 2.45) is 5.10 Å². The van der Waals surface area contributed by atoms with Crippen molar-refractivity contribution < 1.29 is 14.2 Å². The number of amides is 1. The Morgan fingerprint density at radius 2 is 1.92 bits per heavy atom. The largest absolute Gasteiger partial charge is 0.489 e. The molecule has 0 unspecified atom stereocenters. The predicted octanol–water partition coefficient (Wildman–Crippen LogP) is 4.55. The second-order valence-corrected chi connectivity index (χ2v) is 8.68. The van der Waals surface area contributed by atoms with E-state index in [1.165, 1.54) is 10.9 Å². The number of anilines is 1. The van der Waals surface area contributed by atoms with E-state index in [9.17, 15) is 4.79 Å². The fourth-order valence-electron chi connectivity index (χ4n) is 3.48. The van der Waals surface area contributed by atoms with E-state index in [4.69, 9.17) is 33.7 Å². The molecule has 3 aromatic carbocycles. The van der Waals surface area contributed by atoms with Crippen LogP contribution in [0.15, 0.2) is 82.5 Å². The third kappa shape index (κ3) is 5.48. The second-order valence-electron chi connectivity index (χ2n) is 7.83. The number of nitrogens with zero attached hydrogens (tertiary/aromatic N) is 6. The molecule has 2 heterocycles. The van der Waals surface area contributed by atoms with Gasteiger partial charge in [0.05, 0.1) is 6.21 Å². The third-order valence-electron chi connectivity index (χ3n) is 5.28. The van der Waals surface area contributed by atoms with Gasteiger partial charge in [0.15, 0.2) is 5.69 Å². The van der Waals surface area contributed by atoms with Crippen LogP contribution in [0.2, 0.25) is 10.0 Å². The summed E-state index contributed by atoms with van der Waals surface area (Å²) < 4.78 is 11.8. The van der Waals surface area contributed by atoms with E-state index in [1.807, 2.05) is 24.3 Å². The highest BCUT2D eigenvalue weighted by atomic mass is 35.5. The molecule has 5 aromatic rings. The molecule has 0 aliphatic heterocycles. The lowest BCUT2D eigenvalue weighted by molar-refractivity contribution is 0.0950. The lowest BCUT2D eigenvalue weighted by Crippen LogP contribution is -2.19. The van der Waals surface area contributed by atoms with Crippen LogP contribution < -0.4 is 15.9 Å². The number of hydrogen-bond acceptors (Lipinski definition) is 9. The number of aromatic nitrogens is 5. The molecule has 0 fully saturated rings. The van der Waals surface area contributed by atoms with Crippen molar-refractivity contribution >= 4 is 41.1 Å². The lowest BCUT2D eigenvalue weighted by atomic mass is 10.1. The predicted molar refractivity (Wildman–Crippen MR) is 141 cm³/mol. The van der Waals surface area contributed by atoms with Gasteiger partial charge in [0, 0.05) is 21.2 Å². The first kappa shape index (κ1) is 24.9. The average molecular weight is 549 g/mol. The Morgan fingerprint density at radius 3 is 2.68 bits per heavy atom. The summed E-state index contributed by atoms with van der Waals surface area (Å²) in [5, 5.41) is 20.5. The molecule has 0 saturated carbocycles. The second kappa shape index (κ2) is 11.1. The molecule has 11 nitrogen and oxygen atoms in total. The van der Waals surface area contributed by atoms with E-state index in [-0.39, 0.29) is 23.9 Å². The molecule has 0 saturated heterocycles. The summed E-state index contributed by atoms with van der Waals surface area (Å²) in [7, 11) is 0. The number of rotatable bonds is 8. The zero-order valence-corrected chi connectivity index (χ0v) is 21.0. The van der Waals surface area contributed by atoms with Crippen LogP contribution in [0.1, 0.15) is 21.6 Å². The fourth-order valence-corrected chi connectivity index (χ4v) is 3.94. The Morgan fingerprint density at radius 1 is 1.08 bits per heavy atom. The minimum absolute atomic E-state index is 0.00232. The number of carbonyl (C=O) groups excluding carboxylic acids is 1. The van der Waals surface area contributed by atoms with Crippen LogP contribution in [0.3, 0.4) is 0 Å². The Kier molecular flexibility index (Phi) is 7.29. The molecule has 13 heteroatoms. The Labute approximate surface area is 225 Å². The van der Waals surface area contributed by atoms with Crippen LogP contribution in [0.25, 0.3) is 17.1 Å². The standard InChI is InChI=1S/C25H18Cl2N8O3/c26-18-10-9-17(20(27)12-18)14-37-19-8-4-5-15(11-19)13-29-31-25(36)21-22(16-6-2-1-3-7-16)35(34-30-21)24-23(28)32-38-33-24/h1-13H,14H2,(H2,28,32)(H,31,36). The minimum Gasteiger partial charge on any atom is -0.489 e. The van der Waals surface area contributed by atoms with Crippen molar-refractivity contribution in [1.82, 2.24) is 30.7 Å². The highest BCUT2D eigenvalue weighted by Gasteiger charge is 2.25. The molecular weight excluding hydrogens is 531 g/mol. The van der Waals surface area contributed by atoms with Crippen molar-refractivity contribution in [1.29, 1.82) is 0 Å². The fraction of sp³-hybridized carbons (Fsp3) is 0.0400. The quantitative estimate of drug-likeness (QED) is 0.212. The molecule has 0 aliphatic carbocycles. The summed E-state index contributed by atoms with van der Waals surface area (Å²) >= 11 is 12.2. The van der Waals surface area contributed by atoms with E-state index >= 15 is 0 Å². The van der Waals surface area contributed by atoms with E-state index in [0.29, 0.717) is 32.6 Å². The van der Waals surface area contributed by atoms with Gasteiger partial charge in [-0.25, -0.2) is 10.1 Å². The number of hydrogen-bond donors (Lipinski definition) is 2. The Balaban J connectivity index is 1.31. The van der Waals surface area contributed by atoms with Gasteiger partial charge in [-0.2, -0.15) is 9.78 Å². The number of hydrazone groups is 1. The van der Waals surface area contributed by atoms with Gasteiger partial charge in [-0.15, -0.1) is 5.10 Å². The maximum atomic E-state index is 13.0. The highest BCUT2D eigenvalue weighted by molar-refractivity contribution is 6.35. The maximum Gasteiger partial charge on any atom is 0.294 e. The molecule has 0 atom stereocenters. The van der Waals surface area contributed by atoms with Gasteiger partial charge in [-0.1, -0.05) is 76.9 Å². The van der Waals surface area contributed by atoms with Gasteiger partial charge in [0.1, 0.15) is 18.1 Å². The third-order valence-corrected chi connectivity index (χ3v) is 5.86. The summed E-state index contributed by atoms with van der Waals surface area (Å²) in [6.45, 7) is 0.261.